The van der Waals surface area contributed by atoms with E-state index < -0.39 is 0 Å². The molecule has 72 valence electrons. The molecule has 0 bridgehead atoms. The average molecular weight is 174 g/mol. The van der Waals surface area contributed by atoms with Gasteiger partial charge in [0.2, 0.25) is 0 Å². The van der Waals surface area contributed by atoms with Crippen LogP contribution in [0.3, 0.4) is 0 Å². The van der Waals surface area contributed by atoms with Crippen LogP contribution in [0.4, 0.5) is 0 Å². The van der Waals surface area contributed by atoms with Gasteiger partial charge >= 0.3 is 0 Å². The Morgan fingerprint density at radius 2 is 2.17 bits per heavy atom. The van der Waals surface area contributed by atoms with E-state index in [1.54, 1.807) is 14.2 Å². The summed E-state index contributed by atoms with van der Waals surface area (Å²) in [5, 5.41) is 0. The van der Waals surface area contributed by atoms with Crippen molar-refractivity contribution in [3.05, 3.63) is 0 Å². The molecule has 3 atom stereocenters. The second-order valence-electron chi connectivity index (χ2n) is 3.40. The van der Waals surface area contributed by atoms with Crippen LogP contribution in [-0.4, -0.2) is 39.6 Å². The van der Waals surface area contributed by atoms with Crippen molar-refractivity contribution in [1.29, 1.82) is 0 Å². The van der Waals surface area contributed by atoms with Crippen LogP contribution in [0, 0.1) is 5.92 Å². The third-order valence-corrected chi connectivity index (χ3v) is 2.43. The van der Waals surface area contributed by atoms with Gasteiger partial charge in [-0.15, -0.1) is 0 Å². The third-order valence-electron chi connectivity index (χ3n) is 2.43. The maximum Gasteiger partial charge on any atom is 0.0836 e. The van der Waals surface area contributed by atoms with E-state index in [0.717, 1.165) is 6.42 Å². The van der Waals surface area contributed by atoms with Crippen molar-refractivity contribution in [2.75, 3.05) is 27.4 Å². The van der Waals surface area contributed by atoms with Gasteiger partial charge in [0.15, 0.2) is 0 Å². The lowest BCUT2D eigenvalue weighted by Crippen LogP contribution is -2.39. The number of rotatable bonds is 3. The fraction of sp³-hybridized carbons (Fsp3) is 1.00. The third kappa shape index (κ3) is 2.44. The Hall–Kier alpha value is -0.120. The molecule has 0 saturated carbocycles. The molecule has 0 aromatic heterocycles. The van der Waals surface area contributed by atoms with Crippen molar-refractivity contribution in [3.63, 3.8) is 0 Å². The van der Waals surface area contributed by atoms with Crippen LogP contribution in [0.15, 0.2) is 0 Å². The summed E-state index contributed by atoms with van der Waals surface area (Å²) in [6, 6.07) is 0. The van der Waals surface area contributed by atoms with Gasteiger partial charge in [0.05, 0.1) is 25.4 Å². The van der Waals surface area contributed by atoms with Crippen molar-refractivity contribution < 1.29 is 14.2 Å². The summed E-state index contributed by atoms with van der Waals surface area (Å²) < 4.78 is 15.9. The van der Waals surface area contributed by atoms with E-state index >= 15 is 0 Å². The van der Waals surface area contributed by atoms with Gasteiger partial charge in [0, 0.05) is 14.2 Å². The predicted molar refractivity (Wildman–Crippen MR) is 46.2 cm³/mol. The van der Waals surface area contributed by atoms with E-state index in [0.29, 0.717) is 19.1 Å². The molecule has 0 aromatic rings. The second-order valence-corrected chi connectivity index (χ2v) is 3.40. The van der Waals surface area contributed by atoms with Gasteiger partial charge in [-0.1, -0.05) is 6.92 Å². The first-order chi connectivity index (χ1) is 5.77. The molecule has 1 rings (SSSR count). The van der Waals surface area contributed by atoms with Gasteiger partial charge in [-0.05, 0) is 12.3 Å². The number of ether oxygens (including phenoxy) is 3. The largest absolute Gasteiger partial charge is 0.382 e. The van der Waals surface area contributed by atoms with Gasteiger partial charge in [-0.2, -0.15) is 0 Å². The molecular weight excluding hydrogens is 156 g/mol. The summed E-state index contributed by atoms with van der Waals surface area (Å²) in [5.74, 6) is 0.531. The van der Waals surface area contributed by atoms with E-state index in [-0.39, 0.29) is 12.2 Å². The van der Waals surface area contributed by atoms with Crippen molar-refractivity contribution in [2.45, 2.75) is 25.6 Å². The van der Waals surface area contributed by atoms with Crippen LogP contribution < -0.4 is 0 Å². The minimum atomic E-state index is 0.251. The summed E-state index contributed by atoms with van der Waals surface area (Å²) >= 11 is 0. The Morgan fingerprint density at radius 1 is 1.42 bits per heavy atom. The van der Waals surface area contributed by atoms with Crippen LogP contribution >= 0.6 is 0 Å². The zero-order chi connectivity index (χ0) is 8.97. The smallest absolute Gasteiger partial charge is 0.0836 e. The molecule has 0 spiro atoms. The molecule has 0 aliphatic carbocycles. The van der Waals surface area contributed by atoms with E-state index in [1.165, 1.54) is 0 Å². The normalized spacial score (nSPS) is 36.8. The Bertz CT molecular complexity index is 127. The van der Waals surface area contributed by atoms with Crippen molar-refractivity contribution in [1.82, 2.24) is 0 Å². The Labute approximate surface area is 74.0 Å². The SMILES string of the molecule is COCC1OCC(OC)C[C@@H]1C. The highest BCUT2D eigenvalue weighted by atomic mass is 16.6. The summed E-state index contributed by atoms with van der Waals surface area (Å²) in [7, 11) is 3.44. The average Bonchev–Trinajstić information content (AvgIpc) is 2.09. The minimum Gasteiger partial charge on any atom is -0.382 e. The van der Waals surface area contributed by atoms with Gasteiger partial charge in [0.1, 0.15) is 0 Å². The quantitative estimate of drug-likeness (QED) is 0.640. The fourth-order valence-corrected chi connectivity index (χ4v) is 1.57. The number of methoxy groups -OCH3 is 2. The lowest BCUT2D eigenvalue weighted by Gasteiger charge is -2.33. The summed E-state index contributed by atoms with van der Waals surface area (Å²) in [6.07, 6.45) is 1.60. The van der Waals surface area contributed by atoms with Gasteiger partial charge < -0.3 is 14.2 Å². The molecule has 3 nitrogen and oxygen atoms in total. The van der Waals surface area contributed by atoms with Crippen LogP contribution in [0.5, 0.6) is 0 Å². The summed E-state index contributed by atoms with van der Waals surface area (Å²) in [5.41, 5.74) is 0. The molecule has 0 aromatic carbocycles. The molecular formula is C9H18O3. The van der Waals surface area contributed by atoms with E-state index in [9.17, 15) is 0 Å². The van der Waals surface area contributed by atoms with Crippen molar-refractivity contribution >= 4 is 0 Å². The molecule has 0 amide bonds. The molecule has 1 aliphatic heterocycles. The number of hydrogen-bond donors (Lipinski definition) is 0. The first-order valence-corrected chi connectivity index (χ1v) is 4.41. The standard InChI is InChI=1S/C9H18O3/c1-7-4-8(11-3)5-12-9(7)6-10-2/h7-9H,4-6H2,1-3H3/t7-,8?,9?/m0/s1. The van der Waals surface area contributed by atoms with E-state index in [4.69, 9.17) is 14.2 Å². The van der Waals surface area contributed by atoms with Gasteiger partial charge in [-0.25, -0.2) is 0 Å². The van der Waals surface area contributed by atoms with E-state index in [2.05, 4.69) is 6.92 Å². The fourth-order valence-electron chi connectivity index (χ4n) is 1.57. The summed E-state index contributed by atoms with van der Waals surface area (Å²) in [4.78, 5) is 0. The first kappa shape index (κ1) is 9.96. The molecule has 1 fully saturated rings. The Balaban J connectivity index is 2.31. The lowest BCUT2D eigenvalue weighted by molar-refractivity contribution is -0.117. The zero-order valence-corrected chi connectivity index (χ0v) is 8.08. The molecule has 3 heteroatoms. The second kappa shape index (κ2) is 4.80. The minimum absolute atomic E-state index is 0.251. The molecule has 1 aliphatic rings. The van der Waals surface area contributed by atoms with Crippen molar-refractivity contribution in [3.8, 4) is 0 Å². The van der Waals surface area contributed by atoms with Gasteiger partial charge in [0.25, 0.3) is 0 Å². The van der Waals surface area contributed by atoms with Gasteiger partial charge in [-0.3, -0.25) is 0 Å². The first-order valence-electron chi connectivity index (χ1n) is 4.41. The zero-order valence-electron chi connectivity index (χ0n) is 8.08. The Morgan fingerprint density at radius 3 is 2.67 bits per heavy atom. The number of hydrogen-bond acceptors (Lipinski definition) is 3. The Kier molecular flexibility index (Phi) is 3.98. The van der Waals surface area contributed by atoms with Crippen LogP contribution in [0.25, 0.3) is 0 Å². The summed E-state index contributed by atoms with van der Waals surface area (Å²) in [6.45, 7) is 3.57. The maximum absolute atomic E-state index is 5.58. The maximum atomic E-state index is 5.58. The highest BCUT2D eigenvalue weighted by molar-refractivity contribution is 4.76. The lowest BCUT2D eigenvalue weighted by atomic mass is 9.95. The highest BCUT2D eigenvalue weighted by Gasteiger charge is 2.27. The molecule has 1 heterocycles. The monoisotopic (exact) mass is 174 g/mol. The highest BCUT2D eigenvalue weighted by Crippen LogP contribution is 2.22. The topological polar surface area (TPSA) is 27.7 Å². The molecule has 0 radical (unpaired) electrons. The van der Waals surface area contributed by atoms with Crippen LogP contribution in [0.1, 0.15) is 13.3 Å². The van der Waals surface area contributed by atoms with Crippen LogP contribution in [0.2, 0.25) is 0 Å². The van der Waals surface area contributed by atoms with E-state index in [1.807, 2.05) is 0 Å². The molecule has 0 N–H and O–H groups in total. The molecule has 1 saturated heterocycles. The molecule has 2 unspecified atom stereocenters. The molecule has 12 heavy (non-hydrogen) atoms. The predicted octanol–water partition coefficient (Wildman–Crippen LogP) is 1.07. The van der Waals surface area contributed by atoms with Crippen molar-refractivity contribution in [2.24, 2.45) is 5.92 Å². The van der Waals surface area contributed by atoms with Crippen LogP contribution in [-0.2, 0) is 14.2 Å².